The van der Waals surface area contributed by atoms with Crippen molar-refractivity contribution in [3.05, 3.63) is 11.3 Å². The number of carbonyl (C=O) groups excluding carboxylic acids is 1. The average Bonchev–Trinajstić information content (AvgIpc) is 2.32. The number of aliphatic hydroxyl groups excluding tert-OH is 1. The second kappa shape index (κ2) is 5.08. The number of likely N-dealkylation sites (tertiary alicyclic amines) is 1. The lowest BCUT2D eigenvalue weighted by Crippen LogP contribution is -2.46. The summed E-state index contributed by atoms with van der Waals surface area (Å²) >= 11 is 0. The van der Waals surface area contributed by atoms with Crippen molar-refractivity contribution in [3.63, 3.8) is 0 Å². The number of hydrogen-bond acceptors (Lipinski definition) is 3. The first-order valence-corrected chi connectivity index (χ1v) is 6.39. The number of aliphatic hydroxyl groups is 1. The Balaban J connectivity index is 2.05. The molecule has 2 heterocycles. The molecule has 1 N–H and O–H groups in total. The molecule has 2 aliphatic rings. The van der Waals surface area contributed by atoms with Gasteiger partial charge in [0.1, 0.15) is 5.76 Å². The van der Waals surface area contributed by atoms with Gasteiger partial charge >= 0.3 is 0 Å². The molecule has 0 bridgehead atoms. The third-order valence-electron chi connectivity index (χ3n) is 3.78. The van der Waals surface area contributed by atoms with E-state index < -0.39 is 6.10 Å². The molecule has 0 radical (unpaired) electrons. The van der Waals surface area contributed by atoms with Crippen LogP contribution in [-0.4, -0.2) is 41.7 Å². The number of carbonyl (C=O) groups is 1. The molecule has 96 valence electrons. The van der Waals surface area contributed by atoms with Crippen molar-refractivity contribution in [2.24, 2.45) is 5.92 Å². The highest BCUT2D eigenvalue weighted by Crippen LogP contribution is 2.24. The molecule has 0 spiro atoms. The largest absolute Gasteiger partial charge is 0.498 e. The van der Waals surface area contributed by atoms with E-state index in [-0.39, 0.29) is 11.8 Å². The molecule has 2 atom stereocenters. The average molecular weight is 239 g/mol. The monoisotopic (exact) mass is 239 g/mol. The summed E-state index contributed by atoms with van der Waals surface area (Å²) in [6, 6.07) is 0. The lowest BCUT2D eigenvalue weighted by Gasteiger charge is -2.35. The van der Waals surface area contributed by atoms with Crippen molar-refractivity contribution in [1.82, 2.24) is 4.90 Å². The van der Waals surface area contributed by atoms with E-state index in [9.17, 15) is 9.90 Å². The number of hydrogen-bond donors (Lipinski definition) is 1. The summed E-state index contributed by atoms with van der Waals surface area (Å²) in [6.45, 7) is 5.79. The van der Waals surface area contributed by atoms with Gasteiger partial charge in [0.25, 0.3) is 5.91 Å². The van der Waals surface area contributed by atoms with Gasteiger partial charge in [0.2, 0.25) is 0 Å². The molecular weight excluding hydrogens is 218 g/mol. The number of ether oxygens (including phenoxy) is 1. The van der Waals surface area contributed by atoms with Crippen LogP contribution in [0.25, 0.3) is 0 Å². The predicted molar refractivity (Wildman–Crippen MR) is 64.3 cm³/mol. The molecule has 0 aromatic heterocycles. The molecule has 2 aliphatic heterocycles. The summed E-state index contributed by atoms with van der Waals surface area (Å²) in [5.74, 6) is 1.10. The van der Waals surface area contributed by atoms with E-state index in [1.165, 1.54) is 0 Å². The van der Waals surface area contributed by atoms with Crippen LogP contribution in [0.5, 0.6) is 0 Å². The van der Waals surface area contributed by atoms with Crippen molar-refractivity contribution in [3.8, 4) is 0 Å². The van der Waals surface area contributed by atoms with Gasteiger partial charge in [-0.3, -0.25) is 4.79 Å². The maximum absolute atomic E-state index is 12.3. The van der Waals surface area contributed by atoms with Crippen molar-refractivity contribution in [1.29, 1.82) is 0 Å². The van der Waals surface area contributed by atoms with Crippen LogP contribution < -0.4 is 0 Å². The Labute approximate surface area is 102 Å². The summed E-state index contributed by atoms with van der Waals surface area (Å²) < 4.78 is 5.42. The summed E-state index contributed by atoms with van der Waals surface area (Å²) in [7, 11) is 0. The first-order chi connectivity index (χ1) is 8.09. The Kier molecular flexibility index (Phi) is 3.72. The van der Waals surface area contributed by atoms with Gasteiger partial charge < -0.3 is 14.7 Å². The van der Waals surface area contributed by atoms with Gasteiger partial charge in [-0.25, -0.2) is 0 Å². The molecule has 0 aliphatic carbocycles. The van der Waals surface area contributed by atoms with Crippen molar-refractivity contribution < 1.29 is 14.6 Å². The smallest absolute Gasteiger partial charge is 0.253 e. The Hall–Kier alpha value is -1.03. The van der Waals surface area contributed by atoms with E-state index in [0.717, 1.165) is 37.1 Å². The molecule has 1 amide bonds. The number of nitrogens with zero attached hydrogens (tertiary/aromatic N) is 1. The lowest BCUT2D eigenvalue weighted by molar-refractivity contribution is -0.132. The van der Waals surface area contributed by atoms with E-state index in [1.54, 1.807) is 4.90 Å². The Morgan fingerprint density at radius 1 is 1.53 bits per heavy atom. The maximum Gasteiger partial charge on any atom is 0.253 e. The molecule has 17 heavy (non-hydrogen) atoms. The van der Waals surface area contributed by atoms with E-state index in [2.05, 4.69) is 0 Å². The van der Waals surface area contributed by atoms with Crippen LogP contribution in [0.2, 0.25) is 0 Å². The minimum absolute atomic E-state index is 0.0492. The van der Waals surface area contributed by atoms with Crippen LogP contribution in [-0.2, 0) is 9.53 Å². The number of amides is 1. The van der Waals surface area contributed by atoms with Gasteiger partial charge in [-0.15, -0.1) is 0 Å². The number of β-amino-alcohol motifs (C(OH)–C–C–N with tert-alkyl or cyclic N) is 1. The molecule has 0 saturated carbocycles. The van der Waals surface area contributed by atoms with Gasteiger partial charge in [0, 0.05) is 13.1 Å². The molecule has 2 unspecified atom stereocenters. The topological polar surface area (TPSA) is 49.8 Å². The van der Waals surface area contributed by atoms with Gasteiger partial charge in [-0.05, 0) is 32.1 Å². The Bertz CT molecular complexity index is 338. The van der Waals surface area contributed by atoms with Crippen LogP contribution >= 0.6 is 0 Å². The molecule has 1 fully saturated rings. The molecule has 2 rings (SSSR count). The fourth-order valence-electron chi connectivity index (χ4n) is 2.42. The van der Waals surface area contributed by atoms with E-state index in [1.807, 2.05) is 13.8 Å². The van der Waals surface area contributed by atoms with Gasteiger partial charge in [-0.2, -0.15) is 0 Å². The highest BCUT2D eigenvalue weighted by atomic mass is 16.5. The third-order valence-corrected chi connectivity index (χ3v) is 3.78. The quantitative estimate of drug-likeness (QED) is 0.750. The standard InChI is InChI=1S/C13H21NO3/c1-9-5-6-14(8-12(9)15)13(16)11-4-3-7-17-10(11)2/h9,12,15H,3-8H2,1-2H3. The number of rotatable bonds is 1. The first-order valence-electron chi connectivity index (χ1n) is 6.39. The zero-order valence-corrected chi connectivity index (χ0v) is 10.6. The SMILES string of the molecule is CC1=C(C(=O)N2CCC(C)C(O)C2)CCCO1. The first kappa shape index (κ1) is 12.4. The fourth-order valence-corrected chi connectivity index (χ4v) is 2.42. The Morgan fingerprint density at radius 2 is 2.29 bits per heavy atom. The van der Waals surface area contributed by atoms with E-state index >= 15 is 0 Å². The third kappa shape index (κ3) is 2.63. The molecular formula is C13H21NO3. The minimum Gasteiger partial charge on any atom is -0.498 e. The van der Waals surface area contributed by atoms with Crippen molar-refractivity contribution >= 4 is 5.91 Å². The van der Waals surface area contributed by atoms with Crippen LogP contribution in [0.15, 0.2) is 11.3 Å². The number of allylic oxidation sites excluding steroid dienone is 1. The fraction of sp³-hybridized carbons (Fsp3) is 0.769. The summed E-state index contributed by atoms with van der Waals surface area (Å²) in [5, 5.41) is 9.82. The van der Waals surface area contributed by atoms with Crippen LogP contribution in [0, 0.1) is 5.92 Å². The highest BCUT2D eigenvalue weighted by molar-refractivity contribution is 5.94. The van der Waals surface area contributed by atoms with Crippen LogP contribution in [0.1, 0.15) is 33.1 Å². The summed E-state index contributed by atoms with van der Waals surface area (Å²) in [6.07, 6.45) is 2.19. The Morgan fingerprint density at radius 3 is 2.94 bits per heavy atom. The van der Waals surface area contributed by atoms with E-state index in [4.69, 9.17) is 4.74 Å². The zero-order valence-electron chi connectivity index (χ0n) is 10.6. The van der Waals surface area contributed by atoms with Crippen LogP contribution in [0.4, 0.5) is 0 Å². The van der Waals surface area contributed by atoms with E-state index in [0.29, 0.717) is 13.2 Å². The zero-order chi connectivity index (χ0) is 12.4. The minimum atomic E-state index is -0.391. The van der Waals surface area contributed by atoms with Gasteiger partial charge in [0.05, 0.1) is 18.3 Å². The molecule has 4 heteroatoms. The molecule has 0 aromatic rings. The lowest BCUT2D eigenvalue weighted by atomic mass is 9.95. The summed E-state index contributed by atoms with van der Waals surface area (Å²) in [4.78, 5) is 14.1. The normalized spacial score (nSPS) is 30.2. The van der Waals surface area contributed by atoms with Crippen molar-refractivity contribution in [2.45, 2.75) is 39.2 Å². The molecule has 0 aromatic carbocycles. The highest BCUT2D eigenvalue weighted by Gasteiger charge is 2.30. The van der Waals surface area contributed by atoms with Crippen LogP contribution in [0.3, 0.4) is 0 Å². The second-order valence-corrected chi connectivity index (χ2v) is 5.07. The molecule has 4 nitrogen and oxygen atoms in total. The maximum atomic E-state index is 12.3. The van der Waals surface area contributed by atoms with Gasteiger partial charge in [0.15, 0.2) is 0 Å². The summed E-state index contributed by atoms with van der Waals surface area (Å²) in [5.41, 5.74) is 0.790. The predicted octanol–water partition coefficient (Wildman–Crippen LogP) is 1.30. The van der Waals surface area contributed by atoms with Gasteiger partial charge in [-0.1, -0.05) is 6.92 Å². The number of piperidine rings is 1. The second-order valence-electron chi connectivity index (χ2n) is 5.07. The molecule has 1 saturated heterocycles. The van der Waals surface area contributed by atoms with Crippen molar-refractivity contribution in [2.75, 3.05) is 19.7 Å².